The summed E-state index contributed by atoms with van der Waals surface area (Å²) in [6, 6.07) is -0.0342. The maximum atomic E-state index is 11.6. The Hall–Kier alpha value is -1.37. The van der Waals surface area contributed by atoms with Gasteiger partial charge >= 0.3 is 0 Å². The molecule has 0 saturated carbocycles. The van der Waals surface area contributed by atoms with Gasteiger partial charge in [0, 0.05) is 24.6 Å². The molecule has 1 aliphatic rings. The molecule has 2 heterocycles. The Balaban J connectivity index is 2.37. The van der Waals surface area contributed by atoms with Crippen LogP contribution >= 0.6 is 0 Å². The second-order valence-electron chi connectivity index (χ2n) is 5.74. The first-order chi connectivity index (χ1) is 9.21. The van der Waals surface area contributed by atoms with Gasteiger partial charge in [0.2, 0.25) is 0 Å². The van der Waals surface area contributed by atoms with E-state index in [2.05, 4.69) is 9.97 Å². The molecular formula is C13H22N4O2S. The highest BCUT2D eigenvalue weighted by atomic mass is 32.2. The minimum atomic E-state index is -2.91. The largest absolute Gasteiger partial charge is 0.383 e. The van der Waals surface area contributed by atoms with Crippen LogP contribution in [0.15, 0.2) is 0 Å². The number of hydrogen-bond acceptors (Lipinski definition) is 6. The predicted octanol–water partition coefficient (Wildman–Crippen LogP) is 1.11. The van der Waals surface area contributed by atoms with Crippen LogP contribution in [0.5, 0.6) is 0 Å². The van der Waals surface area contributed by atoms with Crippen molar-refractivity contribution in [3.05, 3.63) is 11.4 Å². The Morgan fingerprint density at radius 1 is 1.35 bits per heavy atom. The lowest BCUT2D eigenvalue weighted by atomic mass is 10.1. The Morgan fingerprint density at radius 3 is 2.50 bits per heavy atom. The Labute approximate surface area is 120 Å². The van der Waals surface area contributed by atoms with Crippen molar-refractivity contribution in [2.45, 2.75) is 39.2 Å². The third kappa shape index (κ3) is 2.87. The van der Waals surface area contributed by atoms with Gasteiger partial charge in [0.05, 0.1) is 11.5 Å². The van der Waals surface area contributed by atoms with E-state index in [1.54, 1.807) is 0 Å². The summed E-state index contributed by atoms with van der Waals surface area (Å²) < 4.78 is 23.2. The third-order valence-electron chi connectivity index (χ3n) is 3.78. The molecule has 0 aliphatic carbocycles. The van der Waals surface area contributed by atoms with Crippen molar-refractivity contribution >= 4 is 21.5 Å². The van der Waals surface area contributed by atoms with Gasteiger partial charge in [0.15, 0.2) is 9.84 Å². The number of aromatic nitrogens is 2. The minimum absolute atomic E-state index is 0.0342. The number of nitrogens with two attached hydrogens (primary N) is 1. The molecule has 1 fully saturated rings. The molecule has 1 atom stereocenters. The molecule has 0 bridgehead atoms. The van der Waals surface area contributed by atoms with Crippen LogP contribution < -0.4 is 10.6 Å². The maximum Gasteiger partial charge on any atom is 0.152 e. The lowest BCUT2D eigenvalue weighted by Gasteiger charge is -2.27. The van der Waals surface area contributed by atoms with Gasteiger partial charge in [-0.3, -0.25) is 0 Å². The van der Waals surface area contributed by atoms with Gasteiger partial charge in [-0.15, -0.1) is 0 Å². The van der Waals surface area contributed by atoms with Crippen molar-refractivity contribution < 1.29 is 8.42 Å². The van der Waals surface area contributed by atoms with Gasteiger partial charge < -0.3 is 10.6 Å². The highest BCUT2D eigenvalue weighted by Crippen LogP contribution is 2.27. The number of hydrogen-bond donors (Lipinski definition) is 1. The van der Waals surface area contributed by atoms with E-state index in [0.29, 0.717) is 18.1 Å². The SMILES string of the molecule is Cc1c(N)nc(C(C)C)nc1N(C)C1CCS(=O)(=O)C1. The van der Waals surface area contributed by atoms with Crippen LogP contribution in [0.4, 0.5) is 11.6 Å². The topological polar surface area (TPSA) is 89.2 Å². The fourth-order valence-corrected chi connectivity index (χ4v) is 4.17. The molecule has 2 rings (SSSR count). The average molecular weight is 298 g/mol. The summed E-state index contributed by atoms with van der Waals surface area (Å²) >= 11 is 0. The quantitative estimate of drug-likeness (QED) is 0.899. The van der Waals surface area contributed by atoms with Crippen molar-refractivity contribution in [3.8, 4) is 0 Å². The average Bonchev–Trinajstić information content (AvgIpc) is 2.72. The zero-order valence-corrected chi connectivity index (χ0v) is 13.2. The minimum Gasteiger partial charge on any atom is -0.383 e. The van der Waals surface area contributed by atoms with Gasteiger partial charge in [-0.2, -0.15) is 0 Å². The summed E-state index contributed by atoms with van der Waals surface area (Å²) in [7, 11) is -1.03. The van der Waals surface area contributed by atoms with E-state index in [0.717, 1.165) is 11.4 Å². The molecule has 0 aromatic carbocycles. The molecule has 6 nitrogen and oxygen atoms in total. The lowest BCUT2D eigenvalue weighted by Crippen LogP contribution is -2.34. The fraction of sp³-hybridized carbons (Fsp3) is 0.692. The molecule has 112 valence electrons. The third-order valence-corrected chi connectivity index (χ3v) is 5.53. The number of sulfone groups is 1. The Kier molecular flexibility index (Phi) is 3.90. The van der Waals surface area contributed by atoms with Crippen molar-refractivity contribution in [3.63, 3.8) is 0 Å². The second kappa shape index (κ2) is 5.20. The van der Waals surface area contributed by atoms with Crippen molar-refractivity contribution in [2.75, 3.05) is 29.2 Å². The lowest BCUT2D eigenvalue weighted by molar-refractivity contribution is 0.600. The molecule has 1 aromatic heterocycles. The second-order valence-corrected chi connectivity index (χ2v) is 7.97. The first kappa shape index (κ1) is 15.0. The van der Waals surface area contributed by atoms with Gasteiger partial charge in [0.1, 0.15) is 17.5 Å². The highest BCUT2D eigenvalue weighted by molar-refractivity contribution is 7.91. The van der Waals surface area contributed by atoms with E-state index in [9.17, 15) is 8.42 Å². The molecule has 1 unspecified atom stereocenters. The van der Waals surface area contributed by atoms with Gasteiger partial charge in [-0.1, -0.05) is 13.8 Å². The summed E-state index contributed by atoms with van der Waals surface area (Å²) in [4.78, 5) is 10.8. The summed E-state index contributed by atoms with van der Waals surface area (Å²) in [5.74, 6) is 2.51. The van der Waals surface area contributed by atoms with E-state index in [1.165, 1.54) is 0 Å². The van der Waals surface area contributed by atoms with Crippen LogP contribution in [0.2, 0.25) is 0 Å². The standard InChI is InChI=1S/C13H22N4O2S/c1-8(2)12-15-11(14)9(3)13(16-12)17(4)10-5-6-20(18,19)7-10/h8,10H,5-7H2,1-4H3,(H2,14,15,16). The number of nitrogen functional groups attached to an aromatic ring is 1. The van der Waals surface area contributed by atoms with Crippen LogP contribution in [-0.4, -0.2) is 43.0 Å². The number of anilines is 2. The number of rotatable bonds is 3. The summed E-state index contributed by atoms with van der Waals surface area (Å²) in [6.45, 7) is 5.89. The normalized spacial score (nSPS) is 21.4. The molecule has 7 heteroatoms. The Bertz CT molecular complexity index is 613. The summed E-state index contributed by atoms with van der Waals surface area (Å²) in [5, 5.41) is 0. The maximum absolute atomic E-state index is 11.6. The van der Waals surface area contributed by atoms with Crippen LogP contribution in [0.3, 0.4) is 0 Å². The van der Waals surface area contributed by atoms with Crippen LogP contribution in [-0.2, 0) is 9.84 Å². The molecule has 0 radical (unpaired) electrons. The molecule has 20 heavy (non-hydrogen) atoms. The Morgan fingerprint density at radius 2 is 2.00 bits per heavy atom. The molecule has 1 aliphatic heterocycles. The van der Waals surface area contributed by atoms with Crippen molar-refractivity contribution in [1.82, 2.24) is 9.97 Å². The van der Waals surface area contributed by atoms with Crippen molar-refractivity contribution in [1.29, 1.82) is 0 Å². The van der Waals surface area contributed by atoms with Crippen LogP contribution in [0, 0.1) is 6.92 Å². The van der Waals surface area contributed by atoms with E-state index in [1.807, 2.05) is 32.7 Å². The summed E-state index contributed by atoms with van der Waals surface area (Å²) in [6.07, 6.45) is 0.638. The molecular weight excluding hydrogens is 276 g/mol. The van der Waals surface area contributed by atoms with Crippen LogP contribution in [0.1, 0.15) is 37.6 Å². The fourth-order valence-electron chi connectivity index (χ4n) is 2.39. The highest BCUT2D eigenvalue weighted by Gasteiger charge is 2.32. The molecule has 0 spiro atoms. The van der Waals surface area contributed by atoms with Crippen LogP contribution in [0.25, 0.3) is 0 Å². The van der Waals surface area contributed by atoms with E-state index in [4.69, 9.17) is 5.73 Å². The molecule has 1 saturated heterocycles. The van der Waals surface area contributed by atoms with Gasteiger partial charge in [-0.25, -0.2) is 18.4 Å². The summed E-state index contributed by atoms with van der Waals surface area (Å²) in [5.41, 5.74) is 6.76. The van der Waals surface area contributed by atoms with E-state index >= 15 is 0 Å². The van der Waals surface area contributed by atoms with E-state index < -0.39 is 9.84 Å². The van der Waals surface area contributed by atoms with Gasteiger partial charge in [-0.05, 0) is 13.3 Å². The zero-order chi connectivity index (χ0) is 15.1. The smallest absolute Gasteiger partial charge is 0.152 e. The molecule has 0 amide bonds. The van der Waals surface area contributed by atoms with E-state index in [-0.39, 0.29) is 23.5 Å². The predicted molar refractivity (Wildman–Crippen MR) is 80.7 cm³/mol. The first-order valence-electron chi connectivity index (χ1n) is 6.78. The molecule has 1 aromatic rings. The van der Waals surface area contributed by atoms with Gasteiger partial charge in [0.25, 0.3) is 0 Å². The number of nitrogens with zero attached hydrogens (tertiary/aromatic N) is 3. The monoisotopic (exact) mass is 298 g/mol. The molecule has 2 N–H and O–H groups in total. The van der Waals surface area contributed by atoms with Crippen molar-refractivity contribution in [2.24, 2.45) is 0 Å². The zero-order valence-electron chi connectivity index (χ0n) is 12.4. The first-order valence-corrected chi connectivity index (χ1v) is 8.60.